The van der Waals surface area contributed by atoms with Crippen LogP contribution in [0.1, 0.15) is 18.4 Å². The summed E-state index contributed by atoms with van der Waals surface area (Å²) >= 11 is 3.43. The number of methoxy groups -OCH3 is 2. The Labute approximate surface area is 177 Å². The van der Waals surface area contributed by atoms with E-state index in [2.05, 4.69) is 15.9 Å². The van der Waals surface area contributed by atoms with Crippen molar-refractivity contribution in [3.05, 3.63) is 52.2 Å². The first-order chi connectivity index (χ1) is 14.1. The number of ether oxygens (including phenoxy) is 3. The molecule has 154 valence electrons. The van der Waals surface area contributed by atoms with Crippen molar-refractivity contribution in [2.24, 2.45) is 0 Å². The molecule has 0 spiro atoms. The fourth-order valence-electron chi connectivity index (χ4n) is 3.08. The molecular formula is C22H23BrO6. The number of benzene rings is 2. The van der Waals surface area contributed by atoms with Crippen molar-refractivity contribution in [1.82, 2.24) is 0 Å². The lowest BCUT2D eigenvalue weighted by Gasteiger charge is -2.13. The van der Waals surface area contributed by atoms with Gasteiger partial charge in [-0.2, -0.15) is 0 Å². The number of alkyl halides is 1. The maximum Gasteiger partial charge on any atom is 0.235 e. The number of hydrogen-bond acceptors (Lipinski definition) is 6. The molecule has 1 heterocycles. The molecule has 0 amide bonds. The van der Waals surface area contributed by atoms with Gasteiger partial charge in [-0.05, 0) is 37.0 Å². The summed E-state index contributed by atoms with van der Waals surface area (Å²) in [7, 11) is 2.97. The molecule has 0 bridgehead atoms. The molecule has 7 heteroatoms. The number of aryl methyl sites for hydroxylation is 1. The molecule has 29 heavy (non-hydrogen) atoms. The van der Waals surface area contributed by atoms with Crippen LogP contribution in [0.25, 0.3) is 22.3 Å². The third-order valence-corrected chi connectivity index (χ3v) is 5.12. The van der Waals surface area contributed by atoms with Crippen LogP contribution in [0, 0.1) is 0 Å². The van der Waals surface area contributed by atoms with Gasteiger partial charge in [-0.1, -0.05) is 40.2 Å². The summed E-state index contributed by atoms with van der Waals surface area (Å²) in [5, 5.41) is 11.7. The molecule has 1 aromatic heterocycles. The van der Waals surface area contributed by atoms with Crippen LogP contribution in [-0.2, 0) is 11.2 Å². The Morgan fingerprint density at radius 2 is 1.83 bits per heavy atom. The highest BCUT2D eigenvalue weighted by Crippen LogP contribution is 2.39. The van der Waals surface area contributed by atoms with Gasteiger partial charge in [-0.15, -0.1) is 0 Å². The Balaban J connectivity index is 2.06. The summed E-state index contributed by atoms with van der Waals surface area (Å²) in [6, 6.07) is 10.7. The molecule has 0 aliphatic carbocycles. The summed E-state index contributed by atoms with van der Waals surface area (Å²) < 4.78 is 21.8. The number of unbranched alkanes of at least 4 members (excludes halogenated alkanes) is 1. The van der Waals surface area contributed by atoms with Gasteiger partial charge in [0.1, 0.15) is 0 Å². The van der Waals surface area contributed by atoms with Crippen molar-refractivity contribution in [3.8, 4) is 28.6 Å². The summed E-state index contributed by atoms with van der Waals surface area (Å²) in [5.74, 6) is 0.307. The molecule has 0 saturated carbocycles. The SMILES string of the molecule is COCOc1ccc2c(=O)c(O)c(-c3ccc(CCCCBr)cc3)oc2c1OC. The van der Waals surface area contributed by atoms with Crippen LogP contribution in [0.15, 0.2) is 45.6 Å². The van der Waals surface area contributed by atoms with Crippen molar-refractivity contribution in [2.45, 2.75) is 19.3 Å². The van der Waals surface area contributed by atoms with Crippen LogP contribution >= 0.6 is 15.9 Å². The molecule has 0 atom stereocenters. The molecule has 2 aromatic carbocycles. The zero-order chi connectivity index (χ0) is 20.8. The molecule has 0 radical (unpaired) electrons. The molecule has 0 unspecified atom stereocenters. The van der Waals surface area contributed by atoms with E-state index in [1.807, 2.05) is 24.3 Å². The van der Waals surface area contributed by atoms with Gasteiger partial charge in [0, 0.05) is 18.0 Å². The number of halogens is 1. The molecular weight excluding hydrogens is 440 g/mol. The zero-order valence-corrected chi connectivity index (χ0v) is 18.0. The average molecular weight is 463 g/mol. The number of aromatic hydroxyl groups is 1. The summed E-state index contributed by atoms with van der Waals surface area (Å²) in [6.45, 7) is 0.0214. The lowest BCUT2D eigenvalue weighted by Crippen LogP contribution is -2.06. The van der Waals surface area contributed by atoms with E-state index in [9.17, 15) is 9.90 Å². The van der Waals surface area contributed by atoms with Crippen LogP contribution in [-0.4, -0.2) is 31.4 Å². The van der Waals surface area contributed by atoms with E-state index >= 15 is 0 Å². The third-order valence-electron chi connectivity index (χ3n) is 4.56. The molecule has 0 saturated heterocycles. The molecule has 0 fully saturated rings. The topological polar surface area (TPSA) is 78.1 Å². The number of fused-ring (bicyclic) bond motifs is 1. The standard InChI is InChI=1S/C22H23BrO6/c1-26-13-28-17-11-10-16-18(24)19(25)20(29-21(16)22(17)27-2)15-8-6-14(7-9-15)5-3-4-12-23/h6-11,25H,3-5,12-13H2,1-2H3. The zero-order valence-electron chi connectivity index (χ0n) is 16.4. The van der Waals surface area contributed by atoms with Gasteiger partial charge < -0.3 is 23.7 Å². The third kappa shape index (κ3) is 4.57. The van der Waals surface area contributed by atoms with Gasteiger partial charge in [0.25, 0.3) is 0 Å². The second kappa shape index (κ2) is 9.80. The number of hydrogen-bond donors (Lipinski definition) is 1. The quantitative estimate of drug-likeness (QED) is 0.277. The minimum absolute atomic E-state index is 0.0214. The van der Waals surface area contributed by atoms with Gasteiger partial charge >= 0.3 is 0 Å². The van der Waals surface area contributed by atoms with Crippen molar-refractivity contribution in [1.29, 1.82) is 0 Å². The molecule has 1 N–H and O–H groups in total. The van der Waals surface area contributed by atoms with Gasteiger partial charge in [-0.3, -0.25) is 4.79 Å². The van der Waals surface area contributed by atoms with E-state index in [0.717, 1.165) is 24.6 Å². The predicted octanol–water partition coefficient (Wildman–Crippen LogP) is 4.87. The Morgan fingerprint density at radius 1 is 1.07 bits per heavy atom. The summed E-state index contributed by atoms with van der Waals surface area (Å²) in [5.41, 5.74) is 1.47. The smallest absolute Gasteiger partial charge is 0.235 e. The summed E-state index contributed by atoms with van der Waals surface area (Å²) in [4.78, 5) is 12.7. The maximum atomic E-state index is 12.7. The highest BCUT2D eigenvalue weighted by molar-refractivity contribution is 9.09. The monoisotopic (exact) mass is 462 g/mol. The van der Waals surface area contributed by atoms with E-state index in [4.69, 9.17) is 18.6 Å². The van der Waals surface area contributed by atoms with Crippen LogP contribution in [0.4, 0.5) is 0 Å². The van der Waals surface area contributed by atoms with Crippen molar-refractivity contribution >= 4 is 26.9 Å². The van der Waals surface area contributed by atoms with E-state index < -0.39 is 11.2 Å². The minimum atomic E-state index is -0.528. The average Bonchev–Trinajstić information content (AvgIpc) is 2.75. The Hall–Kier alpha value is -2.51. The van der Waals surface area contributed by atoms with Crippen LogP contribution in [0.3, 0.4) is 0 Å². The maximum absolute atomic E-state index is 12.7. The first kappa shape index (κ1) is 21.2. The largest absolute Gasteiger partial charge is 0.502 e. The molecule has 3 rings (SSSR count). The van der Waals surface area contributed by atoms with E-state index in [1.54, 1.807) is 6.07 Å². The minimum Gasteiger partial charge on any atom is -0.502 e. The van der Waals surface area contributed by atoms with Crippen LogP contribution < -0.4 is 14.9 Å². The summed E-state index contributed by atoms with van der Waals surface area (Å²) in [6.07, 6.45) is 3.16. The van der Waals surface area contributed by atoms with Gasteiger partial charge in [0.05, 0.1) is 12.5 Å². The number of rotatable bonds is 9. The highest BCUT2D eigenvalue weighted by Gasteiger charge is 2.20. The fraction of sp³-hybridized carbons (Fsp3) is 0.318. The Morgan fingerprint density at radius 3 is 2.48 bits per heavy atom. The second-order valence-corrected chi connectivity index (χ2v) is 7.27. The van der Waals surface area contributed by atoms with E-state index in [-0.39, 0.29) is 29.3 Å². The first-order valence-electron chi connectivity index (χ1n) is 9.24. The van der Waals surface area contributed by atoms with Crippen molar-refractivity contribution in [3.63, 3.8) is 0 Å². The Kier molecular flexibility index (Phi) is 7.17. The fourth-order valence-corrected chi connectivity index (χ4v) is 3.47. The molecule has 0 aliphatic rings. The van der Waals surface area contributed by atoms with Gasteiger partial charge in [0.2, 0.25) is 16.9 Å². The van der Waals surface area contributed by atoms with E-state index in [1.165, 1.54) is 25.8 Å². The predicted molar refractivity (Wildman–Crippen MR) is 115 cm³/mol. The highest BCUT2D eigenvalue weighted by atomic mass is 79.9. The van der Waals surface area contributed by atoms with Gasteiger partial charge in [-0.25, -0.2) is 0 Å². The van der Waals surface area contributed by atoms with Crippen LogP contribution in [0.2, 0.25) is 0 Å². The van der Waals surface area contributed by atoms with Crippen molar-refractivity contribution < 1.29 is 23.7 Å². The van der Waals surface area contributed by atoms with Crippen molar-refractivity contribution in [2.75, 3.05) is 26.3 Å². The van der Waals surface area contributed by atoms with E-state index in [0.29, 0.717) is 11.3 Å². The molecule has 3 aromatic rings. The molecule has 6 nitrogen and oxygen atoms in total. The molecule has 0 aliphatic heterocycles. The lowest BCUT2D eigenvalue weighted by atomic mass is 10.0. The second-order valence-electron chi connectivity index (χ2n) is 6.48. The van der Waals surface area contributed by atoms with Gasteiger partial charge in [0.15, 0.2) is 23.9 Å². The normalized spacial score (nSPS) is 11.0. The lowest BCUT2D eigenvalue weighted by molar-refractivity contribution is 0.0492. The first-order valence-corrected chi connectivity index (χ1v) is 10.4. The Bertz CT molecular complexity index is 1030. The van der Waals surface area contributed by atoms with Crippen LogP contribution in [0.5, 0.6) is 17.2 Å².